The third-order valence-corrected chi connectivity index (χ3v) is 8.50. The summed E-state index contributed by atoms with van der Waals surface area (Å²) in [5, 5.41) is 19.9. The third-order valence-electron chi connectivity index (χ3n) is 7.92. The predicted octanol–water partition coefficient (Wildman–Crippen LogP) is 5.78. The van der Waals surface area contributed by atoms with Crippen LogP contribution in [0.15, 0.2) is 47.1 Å². The normalized spacial score (nSPS) is 17.2. The summed E-state index contributed by atoms with van der Waals surface area (Å²) in [6, 6.07) is 12.2. The third kappa shape index (κ3) is 6.50. The van der Waals surface area contributed by atoms with E-state index in [1.807, 2.05) is 52.0 Å². The number of carbonyl (C=O) groups is 1. The van der Waals surface area contributed by atoms with Gasteiger partial charge in [-0.05, 0) is 110 Å². The zero-order chi connectivity index (χ0) is 29.4. The van der Waals surface area contributed by atoms with Crippen molar-refractivity contribution in [3.63, 3.8) is 0 Å². The zero-order valence-corrected chi connectivity index (χ0v) is 25.9. The van der Waals surface area contributed by atoms with E-state index >= 15 is 0 Å². The van der Waals surface area contributed by atoms with Crippen molar-refractivity contribution in [2.45, 2.75) is 64.0 Å². The molecule has 0 aliphatic carbocycles. The van der Waals surface area contributed by atoms with Crippen LogP contribution in [0.4, 0.5) is 23.1 Å². The van der Waals surface area contributed by atoms with E-state index in [0.717, 1.165) is 58.7 Å². The number of methoxy groups -OCH3 is 1. The number of nitrogens with zero attached hydrogens (tertiary/aromatic N) is 3. The standard InChI is InChI=1S/C31H39BrN6O3/c1-30(2,40)18-38-13-11-19(12-14-38)20-9-10-23(25(15-20)41-5)36-29-34-17-22(32)27(37-29)33-16-21-7-6-8-24-26(21)31(3,4)28(39)35-24/h6-10,15,17,19,40H,11-14,16,18H2,1-5H3,(H,35,39)(H2,33,34,36,37). The molecule has 0 bridgehead atoms. The van der Waals surface area contributed by atoms with Gasteiger partial charge in [0.15, 0.2) is 0 Å². The number of rotatable bonds is 9. The largest absolute Gasteiger partial charge is 0.495 e. The molecule has 2 aliphatic heterocycles. The van der Waals surface area contributed by atoms with Crippen molar-refractivity contribution in [2.75, 3.05) is 42.7 Å². The number of benzene rings is 2. The van der Waals surface area contributed by atoms with Crippen molar-refractivity contribution in [1.29, 1.82) is 0 Å². The van der Waals surface area contributed by atoms with Crippen LogP contribution in [-0.4, -0.2) is 58.2 Å². The lowest BCUT2D eigenvalue weighted by atomic mass is 9.83. The summed E-state index contributed by atoms with van der Waals surface area (Å²) in [4.78, 5) is 24.0. The molecule has 5 rings (SSSR count). The molecule has 0 spiro atoms. The van der Waals surface area contributed by atoms with Gasteiger partial charge in [-0.3, -0.25) is 4.79 Å². The molecule has 0 saturated carbocycles. The summed E-state index contributed by atoms with van der Waals surface area (Å²) in [5.41, 5.74) is 3.67. The van der Waals surface area contributed by atoms with Crippen molar-refractivity contribution in [3.8, 4) is 5.75 Å². The van der Waals surface area contributed by atoms with Crippen LogP contribution in [0, 0.1) is 0 Å². The van der Waals surface area contributed by atoms with Gasteiger partial charge in [-0.1, -0.05) is 18.2 Å². The lowest BCUT2D eigenvalue weighted by molar-refractivity contribution is -0.119. The fraction of sp³-hybridized carbons (Fsp3) is 0.452. The number of fused-ring (bicyclic) bond motifs is 1. The highest BCUT2D eigenvalue weighted by molar-refractivity contribution is 9.10. The van der Waals surface area contributed by atoms with Gasteiger partial charge in [-0.25, -0.2) is 4.98 Å². The molecular weight excluding hydrogens is 584 g/mol. The number of amides is 1. The Bertz CT molecular complexity index is 1430. The Morgan fingerprint density at radius 1 is 1.22 bits per heavy atom. The van der Waals surface area contributed by atoms with Crippen LogP contribution in [-0.2, 0) is 16.8 Å². The molecule has 3 heterocycles. The second-order valence-corrected chi connectivity index (χ2v) is 13.0. The number of aliphatic hydroxyl groups is 1. The summed E-state index contributed by atoms with van der Waals surface area (Å²) in [7, 11) is 1.67. The molecule has 4 N–H and O–H groups in total. The molecule has 1 saturated heterocycles. The number of β-amino-alcohol motifs (C(OH)–C–C–N with tert-alkyl or cyclic N) is 1. The van der Waals surface area contributed by atoms with Crippen LogP contribution in [0.5, 0.6) is 5.75 Å². The first kappa shape index (κ1) is 29.3. The number of ether oxygens (including phenoxy) is 1. The number of piperidine rings is 1. The summed E-state index contributed by atoms with van der Waals surface area (Å²) in [6.45, 7) is 10.7. The van der Waals surface area contributed by atoms with Crippen molar-refractivity contribution >= 4 is 45.0 Å². The Labute approximate surface area is 250 Å². The van der Waals surface area contributed by atoms with E-state index in [2.05, 4.69) is 53.9 Å². The molecule has 10 heteroatoms. The van der Waals surface area contributed by atoms with Gasteiger partial charge in [0.05, 0.1) is 28.3 Å². The Hall–Kier alpha value is -3.21. The average molecular weight is 624 g/mol. The van der Waals surface area contributed by atoms with Gasteiger partial charge >= 0.3 is 0 Å². The second kappa shape index (κ2) is 11.6. The van der Waals surface area contributed by atoms with Gasteiger partial charge in [0, 0.05) is 25.0 Å². The highest BCUT2D eigenvalue weighted by Gasteiger charge is 2.40. The summed E-state index contributed by atoms with van der Waals surface area (Å²) < 4.78 is 6.48. The van der Waals surface area contributed by atoms with Crippen molar-refractivity contribution in [1.82, 2.24) is 14.9 Å². The second-order valence-electron chi connectivity index (χ2n) is 12.1. The quantitative estimate of drug-likeness (QED) is 0.237. The molecule has 0 atom stereocenters. The van der Waals surface area contributed by atoms with Gasteiger partial charge in [0.25, 0.3) is 0 Å². The van der Waals surface area contributed by atoms with E-state index in [0.29, 0.717) is 30.8 Å². The summed E-state index contributed by atoms with van der Waals surface area (Å²) in [5.74, 6) is 2.28. The van der Waals surface area contributed by atoms with Crippen LogP contribution in [0.25, 0.3) is 0 Å². The highest BCUT2D eigenvalue weighted by atomic mass is 79.9. The Balaban J connectivity index is 1.27. The lowest BCUT2D eigenvalue weighted by Crippen LogP contribution is -2.42. The number of halogens is 1. The lowest BCUT2D eigenvalue weighted by Gasteiger charge is -2.35. The van der Waals surface area contributed by atoms with Crippen LogP contribution >= 0.6 is 15.9 Å². The van der Waals surface area contributed by atoms with Gasteiger partial charge in [-0.15, -0.1) is 0 Å². The van der Waals surface area contributed by atoms with E-state index in [-0.39, 0.29) is 5.91 Å². The molecule has 0 radical (unpaired) electrons. The first-order chi connectivity index (χ1) is 19.4. The summed E-state index contributed by atoms with van der Waals surface area (Å²) >= 11 is 3.56. The number of hydrogen-bond acceptors (Lipinski definition) is 8. The van der Waals surface area contributed by atoms with Gasteiger partial charge in [0.2, 0.25) is 11.9 Å². The molecule has 2 aromatic carbocycles. The highest BCUT2D eigenvalue weighted by Crippen LogP contribution is 2.40. The average Bonchev–Trinajstić information content (AvgIpc) is 3.16. The molecule has 218 valence electrons. The number of nitrogens with one attached hydrogen (secondary N) is 3. The molecular formula is C31H39BrN6O3. The van der Waals surface area contributed by atoms with E-state index < -0.39 is 11.0 Å². The fourth-order valence-electron chi connectivity index (χ4n) is 5.87. The monoisotopic (exact) mass is 622 g/mol. The summed E-state index contributed by atoms with van der Waals surface area (Å²) in [6.07, 6.45) is 3.80. The molecule has 9 nitrogen and oxygen atoms in total. The topological polar surface area (TPSA) is 112 Å². The molecule has 2 aliphatic rings. The van der Waals surface area contributed by atoms with Crippen LogP contribution in [0.3, 0.4) is 0 Å². The Kier molecular flexibility index (Phi) is 8.27. The maximum Gasteiger partial charge on any atom is 0.234 e. The van der Waals surface area contributed by atoms with E-state index in [9.17, 15) is 9.90 Å². The molecule has 1 amide bonds. The fourth-order valence-corrected chi connectivity index (χ4v) is 6.20. The van der Waals surface area contributed by atoms with E-state index in [1.165, 1.54) is 5.56 Å². The SMILES string of the molecule is COc1cc(C2CCN(CC(C)(C)O)CC2)ccc1Nc1ncc(Br)c(NCc2cccc3c2C(C)(C)C(=O)N3)n1. The molecule has 41 heavy (non-hydrogen) atoms. The first-order valence-corrected chi connectivity index (χ1v) is 14.8. The smallest absolute Gasteiger partial charge is 0.234 e. The zero-order valence-electron chi connectivity index (χ0n) is 24.3. The van der Waals surface area contributed by atoms with E-state index in [1.54, 1.807) is 13.3 Å². The number of aromatic nitrogens is 2. The molecule has 1 aromatic heterocycles. The van der Waals surface area contributed by atoms with Gasteiger partial charge in [0.1, 0.15) is 11.6 Å². The maximum absolute atomic E-state index is 12.5. The van der Waals surface area contributed by atoms with Crippen LogP contribution in [0.1, 0.15) is 63.1 Å². The predicted molar refractivity (Wildman–Crippen MR) is 166 cm³/mol. The number of hydrogen-bond donors (Lipinski definition) is 4. The number of carbonyl (C=O) groups excluding carboxylic acids is 1. The Morgan fingerprint density at radius 3 is 2.68 bits per heavy atom. The number of likely N-dealkylation sites (tertiary alicyclic amines) is 1. The first-order valence-electron chi connectivity index (χ1n) is 14.0. The van der Waals surface area contributed by atoms with Crippen molar-refractivity contribution in [2.24, 2.45) is 0 Å². The minimum atomic E-state index is -0.676. The molecule has 3 aromatic rings. The molecule has 0 unspecified atom stereocenters. The number of anilines is 4. The Morgan fingerprint density at radius 2 is 1.98 bits per heavy atom. The van der Waals surface area contributed by atoms with Crippen molar-refractivity contribution in [3.05, 3.63) is 63.8 Å². The van der Waals surface area contributed by atoms with Crippen molar-refractivity contribution < 1.29 is 14.6 Å². The molecule has 1 fully saturated rings. The van der Waals surface area contributed by atoms with Gasteiger partial charge < -0.3 is 30.7 Å². The minimum absolute atomic E-state index is 0.00539. The minimum Gasteiger partial charge on any atom is -0.495 e. The van der Waals surface area contributed by atoms with Gasteiger partial charge in [-0.2, -0.15) is 4.98 Å². The maximum atomic E-state index is 12.5. The van der Waals surface area contributed by atoms with E-state index in [4.69, 9.17) is 9.72 Å². The van der Waals surface area contributed by atoms with Crippen LogP contribution in [0.2, 0.25) is 0 Å². The van der Waals surface area contributed by atoms with Crippen LogP contribution < -0.4 is 20.7 Å².